The average molecular weight is 259 g/mol. The van der Waals surface area contributed by atoms with Crippen LogP contribution in [0.3, 0.4) is 0 Å². The second-order valence-corrected chi connectivity index (χ2v) is 5.81. The molecule has 2 aliphatic rings. The summed E-state index contributed by atoms with van der Waals surface area (Å²) >= 11 is 0. The van der Waals surface area contributed by atoms with Crippen molar-refractivity contribution in [2.75, 3.05) is 5.32 Å². The molecule has 6 nitrogen and oxygen atoms in total. The van der Waals surface area contributed by atoms with Crippen LogP contribution in [-0.4, -0.2) is 36.8 Å². The predicted molar refractivity (Wildman–Crippen MR) is 70.6 cm³/mol. The van der Waals surface area contributed by atoms with Crippen LogP contribution in [0, 0.1) is 11.8 Å². The summed E-state index contributed by atoms with van der Waals surface area (Å²) in [5, 5.41) is 13.5. The van der Waals surface area contributed by atoms with Gasteiger partial charge in [-0.1, -0.05) is 0 Å². The van der Waals surface area contributed by atoms with Gasteiger partial charge in [0, 0.05) is 19.0 Å². The highest BCUT2D eigenvalue weighted by atomic mass is 16.3. The van der Waals surface area contributed by atoms with Crippen molar-refractivity contribution in [3.05, 3.63) is 12.7 Å². The van der Waals surface area contributed by atoms with Gasteiger partial charge in [0.2, 0.25) is 0 Å². The molecule has 0 radical (unpaired) electrons. The molecule has 0 saturated heterocycles. The van der Waals surface area contributed by atoms with Crippen LogP contribution in [0.1, 0.15) is 19.3 Å². The number of fused-ring (bicyclic) bond motifs is 3. The Morgan fingerprint density at radius 1 is 1.26 bits per heavy atom. The maximum absolute atomic E-state index is 9.99. The second-order valence-electron chi connectivity index (χ2n) is 5.81. The van der Waals surface area contributed by atoms with Crippen LogP contribution in [0.4, 0.5) is 5.82 Å². The quantitative estimate of drug-likeness (QED) is 0.839. The van der Waals surface area contributed by atoms with Crippen molar-refractivity contribution < 1.29 is 5.11 Å². The number of nitrogens with one attached hydrogen (secondary N) is 1. The van der Waals surface area contributed by atoms with Crippen molar-refractivity contribution >= 4 is 17.0 Å². The Labute approximate surface area is 110 Å². The van der Waals surface area contributed by atoms with Crippen LogP contribution in [0.5, 0.6) is 0 Å². The lowest BCUT2D eigenvalue weighted by atomic mass is 9.93. The van der Waals surface area contributed by atoms with Crippen molar-refractivity contribution in [3.8, 4) is 0 Å². The van der Waals surface area contributed by atoms with Gasteiger partial charge in [0.25, 0.3) is 0 Å². The number of rotatable bonds is 2. The highest BCUT2D eigenvalue weighted by Gasteiger charge is 2.45. The minimum atomic E-state index is -0.155. The Kier molecular flexibility index (Phi) is 2.29. The lowest BCUT2D eigenvalue weighted by Gasteiger charge is -2.27. The first kappa shape index (κ1) is 11.2. The monoisotopic (exact) mass is 259 g/mol. The van der Waals surface area contributed by atoms with Crippen LogP contribution in [0.15, 0.2) is 12.7 Å². The summed E-state index contributed by atoms with van der Waals surface area (Å²) in [6.07, 6.45) is 6.38. The van der Waals surface area contributed by atoms with Crippen LogP contribution in [0.2, 0.25) is 0 Å². The van der Waals surface area contributed by atoms with Gasteiger partial charge in [0.15, 0.2) is 11.5 Å². The van der Waals surface area contributed by atoms with Crippen LogP contribution in [0.25, 0.3) is 11.2 Å². The van der Waals surface area contributed by atoms with Gasteiger partial charge in [-0.2, -0.15) is 0 Å². The zero-order chi connectivity index (χ0) is 13.0. The Balaban J connectivity index is 1.65. The number of aromatic nitrogens is 4. The molecule has 0 spiro atoms. The highest BCUT2D eigenvalue weighted by molar-refractivity contribution is 5.82. The molecule has 2 heterocycles. The molecule has 19 heavy (non-hydrogen) atoms. The number of aryl methyl sites for hydroxylation is 1. The largest absolute Gasteiger partial charge is 0.393 e. The molecule has 0 aliphatic heterocycles. The molecule has 2 saturated carbocycles. The zero-order valence-electron chi connectivity index (χ0n) is 10.8. The molecule has 100 valence electrons. The van der Waals surface area contributed by atoms with Crippen molar-refractivity contribution in [3.63, 3.8) is 0 Å². The van der Waals surface area contributed by atoms with E-state index in [2.05, 4.69) is 20.3 Å². The summed E-state index contributed by atoms with van der Waals surface area (Å²) in [4.78, 5) is 12.9. The molecule has 4 atom stereocenters. The smallest absolute Gasteiger partial charge is 0.165 e. The molecule has 2 aromatic rings. The third-order valence-corrected chi connectivity index (χ3v) is 4.60. The van der Waals surface area contributed by atoms with Gasteiger partial charge >= 0.3 is 0 Å². The number of aliphatic hydroxyl groups excluding tert-OH is 1. The summed E-state index contributed by atoms with van der Waals surface area (Å²) in [5.74, 6) is 1.81. The molecule has 2 fully saturated rings. The SMILES string of the molecule is Cn1cnc2c(N[C@@H]3C[C@H]4C[C@@H]3[C@@H](O)C4)ncnc21. The normalized spacial score (nSPS) is 33.2. The van der Waals surface area contributed by atoms with Crippen LogP contribution >= 0.6 is 0 Å². The highest BCUT2D eigenvalue weighted by Crippen LogP contribution is 2.45. The van der Waals surface area contributed by atoms with Gasteiger partial charge in [0.1, 0.15) is 11.8 Å². The molecule has 2 bridgehead atoms. The summed E-state index contributed by atoms with van der Waals surface area (Å²) in [5.41, 5.74) is 1.64. The van der Waals surface area contributed by atoms with Gasteiger partial charge in [-0.15, -0.1) is 0 Å². The fourth-order valence-corrected chi connectivity index (χ4v) is 3.71. The Morgan fingerprint density at radius 2 is 2.16 bits per heavy atom. The molecule has 2 aromatic heterocycles. The second kappa shape index (κ2) is 3.90. The Morgan fingerprint density at radius 3 is 2.95 bits per heavy atom. The summed E-state index contributed by atoms with van der Waals surface area (Å²) in [6.45, 7) is 0. The molecular weight excluding hydrogens is 242 g/mol. The van der Waals surface area contributed by atoms with Gasteiger partial charge in [-0.25, -0.2) is 15.0 Å². The number of anilines is 1. The van der Waals surface area contributed by atoms with E-state index in [-0.39, 0.29) is 6.10 Å². The molecule has 0 aromatic carbocycles. The lowest BCUT2D eigenvalue weighted by Crippen LogP contribution is -2.34. The van der Waals surface area contributed by atoms with E-state index < -0.39 is 0 Å². The number of hydrogen-bond acceptors (Lipinski definition) is 5. The first-order valence-electron chi connectivity index (χ1n) is 6.79. The fourth-order valence-electron chi connectivity index (χ4n) is 3.71. The summed E-state index contributed by atoms with van der Waals surface area (Å²) in [7, 11) is 1.92. The molecule has 2 aliphatic carbocycles. The van der Waals surface area contributed by atoms with Gasteiger partial charge in [0.05, 0.1) is 12.4 Å². The topological polar surface area (TPSA) is 75.9 Å². The number of hydrogen-bond donors (Lipinski definition) is 2. The molecule has 6 heteroatoms. The maximum atomic E-state index is 9.99. The van der Waals surface area contributed by atoms with Crippen molar-refractivity contribution in [1.82, 2.24) is 19.5 Å². The Bertz CT molecular complexity index is 625. The van der Waals surface area contributed by atoms with Crippen molar-refractivity contribution in [2.45, 2.75) is 31.4 Å². The summed E-state index contributed by atoms with van der Waals surface area (Å²) < 4.78 is 1.89. The van der Waals surface area contributed by atoms with E-state index in [1.807, 2.05) is 11.6 Å². The molecular formula is C13H17N5O. The lowest BCUT2D eigenvalue weighted by molar-refractivity contribution is 0.107. The maximum Gasteiger partial charge on any atom is 0.165 e. The minimum absolute atomic E-state index is 0.155. The number of aliphatic hydroxyl groups is 1. The van der Waals surface area contributed by atoms with Gasteiger partial charge < -0.3 is 15.0 Å². The van der Waals surface area contributed by atoms with Gasteiger partial charge in [-0.3, -0.25) is 0 Å². The minimum Gasteiger partial charge on any atom is -0.393 e. The third-order valence-electron chi connectivity index (χ3n) is 4.60. The fraction of sp³-hybridized carbons (Fsp3) is 0.615. The number of nitrogens with zero attached hydrogens (tertiary/aromatic N) is 4. The van der Waals surface area contributed by atoms with Crippen molar-refractivity contribution in [2.24, 2.45) is 18.9 Å². The van der Waals surface area contributed by atoms with E-state index in [0.29, 0.717) is 17.9 Å². The standard InChI is InChI=1S/C13H17N5O/c1-18-6-16-11-12(14-5-15-13(11)18)17-9-3-7-2-8(9)10(19)4-7/h5-10,19H,2-4H2,1H3,(H,14,15,17)/t7-,8+,9-,10+/m1/s1. The first-order chi connectivity index (χ1) is 9.22. The van der Waals surface area contributed by atoms with E-state index in [9.17, 15) is 5.11 Å². The van der Waals surface area contributed by atoms with Crippen LogP contribution in [-0.2, 0) is 7.05 Å². The zero-order valence-corrected chi connectivity index (χ0v) is 10.8. The molecule has 0 unspecified atom stereocenters. The van der Waals surface area contributed by atoms with Crippen molar-refractivity contribution in [1.29, 1.82) is 0 Å². The van der Waals surface area contributed by atoms with E-state index >= 15 is 0 Å². The van der Waals surface area contributed by atoms with E-state index in [0.717, 1.165) is 36.2 Å². The molecule has 4 rings (SSSR count). The Hall–Kier alpha value is -1.69. The van der Waals surface area contributed by atoms with E-state index in [1.165, 1.54) is 0 Å². The predicted octanol–water partition coefficient (Wildman–Crippen LogP) is 0.935. The number of imidazole rings is 1. The first-order valence-corrected chi connectivity index (χ1v) is 6.79. The molecule has 2 N–H and O–H groups in total. The van der Waals surface area contributed by atoms with Gasteiger partial charge in [-0.05, 0) is 25.2 Å². The summed E-state index contributed by atoms with van der Waals surface area (Å²) in [6, 6.07) is 0.314. The molecule has 0 amide bonds. The van der Waals surface area contributed by atoms with E-state index in [1.54, 1.807) is 12.7 Å². The van der Waals surface area contributed by atoms with E-state index in [4.69, 9.17) is 0 Å². The third kappa shape index (κ3) is 1.63. The van der Waals surface area contributed by atoms with Crippen LogP contribution < -0.4 is 5.32 Å². The average Bonchev–Trinajstić information content (AvgIpc) is 3.05.